The zero-order valence-corrected chi connectivity index (χ0v) is 10.0. The van der Waals surface area contributed by atoms with E-state index in [4.69, 9.17) is 5.73 Å². The van der Waals surface area contributed by atoms with Gasteiger partial charge in [0.25, 0.3) is 0 Å². The SMILES string of the molecule is C[C@]1(F)CN(c2nccc(N)n2)CC[C@@]1(C)O. The van der Waals surface area contributed by atoms with Crippen molar-refractivity contribution in [2.45, 2.75) is 31.5 Å². The standard InChI is InChI=1S/C11H17FN4O/c1-10(12)7-16(6-4-11(10,2)17)9-14-5-3-8(13)15-9/h3,5,17H,4,6-7H2,1-2H3,(H2,13,14,15)/t10-,11+/m0/s1. The third kappa shape index (κ3) is 2.17. The largest absolute Gasteiger partial charge is 0.387 e. The summed E-state index contributed by atoms with van der Waals surface area (Å²) in [6.45, 7) is 3.48. The third-order valence-corrected chi connectivity index (χ3v) is 3.43. The molecule has 6 heteroatoms. The van der Waals surface area contributed by atoms with Crippen molar-refractivity contribution >= 4 is 11.8 Å². The summed E-state index contributed by atoms with van der Waals surface area (Å²) < 4.78 is 14.3. The van der Waals surface area contributed by atoms with Gasteiger partial charge >= 0.3 is 0 Å². The van der Waals surface area contributed by atoms with Crippen LogP contribution in [0.2, 0.25) is 0 Å². The second-order valence-corrected chi connectivity index (χ2v) is 4.92. The first-order valence-electron chi connectivity index (χ1n) is 5.57. The summed E-state index contributed by atoms with van der Waals surface area (Å²) in [6.07, 6.45) is 1.87. The van der Waals surface area contributed by atoms with Crippen molar-refractivity contribution in [1.29, 1.82) is 0 Å². The molecule has 2 rings (SSSR count). The summed E-state index contributed by atoms with van der Waals surface area (Å²) in [4.78, 5) is 9.82. The van der Waals surface area contributed by atoms with Gasteiger partial charge in [-0.2, -0.15) is 4.98 Å². The monoisotopic (exact) mass is 240 g/mol. The number of hydrogen-bond acceptors (Lipinski definition) is 5. The Morgan fingerprint density at radius 3 is 2.82 bits per heavy atom. The molecule has 0 unspecified atom stereocenters. The first kappa shape index (κ1) is 12.0. The minimum absolute atomic E-state index is 0.0590. The fourth-order valence-corrected chi connectivity index (χ4v) is 1.91. The van der Waals surface area contributed by atoms with Gasteiger partial charge in [-0.1, -0.05) is 0 Å². The van der Waals surface area contributed by atoms with Gasteiger partial charge < -0.3 is 15.7 Å². The average molecular weight is 240 g/mol. The van der Waals surface area contributed by atoms with Crippen molar-refractivity contribution in [3.05, 3.63) is 12.3 Å². The van der Waals surface area contributed by atoms with Crippen LogP contribution in [0.25, 0.3) is 0 Å². The normalized spacial score (nSPS) is 33.8. The molecule has 0 radical (unpaired) electrons. The Balaban J connectivity index is 2.21. The Morgan fingerprint density at radius 2 is 2.24 bits per heavy atom. The molecule has 1 fully saturated rings. The highest BCUT2D eigenvalue weighted by Gasteiger charge is 2.48. The van der Waals surface area contributed by atoms with E-state index in [1.807, 2.05) is 0 Å². The summed E-state index contributed by atoms with van der Waals surface area (Å²) >= 11 is 0. The van der Waals surface area contributed by atoms with Crippen molar-refractivity contribution in [1.82, 2.24) is 9.97 Å². The number of hydrogen-bond donors (Lipinski definition) is 2. The summed E-state index contributed by atoms with van der Waals surface area (Å²) in [5.41, 5.74) is 2.55. The number of anilines is 2. The number of nitrogen functional groups attached to an aromatic ring is 1. The lowest BCUT2D eigenvalue weighted by atomic mass is 9.81. The minimum Gasteiger partial charge on any atom is -0.387 e. The average Bonchev–Trinajstić information content (AvgIpc) is 2.22. The summed E-state index contributed by atoms with van der Waals surface area (Å²) in [6, 6.07) is 1.58. The number of aliphatic hydroxyl groups is 1. The van der Waals surface area contributed by atoms with E-state index in [1.54, 1.807) is 17.2 Å². The molecule has 2 atom stereocenters. The first-order valence-corrected chi connectivity index (χ1v) is 5.57. The highest BCUT2D eigenvalue weighted by Crippen LogP contribution is 2.35. The zero-order chi connectivity index (χ0) is 12.7. The molecule has 0 spiro atoms. The van der Waals surface area contributed by atoms with E-state index in [9.17, 15) is 9.50 Å². The van der Waals surface area contributed by atoms with Gasteiger partial charge in [-0.25, -0.2) is 9.37 Å². The van der Waals surface area contributed by atoms with Gasteiger partial charge in [0.05, 0.1) is 12.1 Å². The number of halogens is 1. The zero-order valence-electron chi connectivity index (χ0n) is 10.0. The van der Waals surface area contributed by atoms with Crippen LogP contribution in [0.5, 0.6) is 0 Å². The lowest BCUT2D eigenvalue weighted by Crippen LogP contribution is -2.59. The molecule has 1 aliphatic rings. The van der Waals surface area contributed by atoms with E-state index < -0.39 is 11.3 Å². The number of alkyl halides is 1. The highest BCUT2D eigenvalue weighted by atomic mass is 19.1. The second kappa shape index (κ2) is 3.80. The van der Waals surface area contributed by atoms with Crippen LogP contribution in [-0.4, -0.2) is 39.4 Å². The van der Waals surface area contributed by atoms with Crippen molar-refractivity contribution in [2.75, 3.05) is 23.7 Å². The van der Waals surface area contributed by atoms with Gasteiger partial charge in [0.15, 0.2) is 5.67 Å². The molecule has 0 aliphatic carbocycles. The molecule has 5 nitrogen and oxygen atoms in total. The van der Waals surface area contributed by atoms with Crippen molar-refractivity contribution in [2.24, 2.45) is 0 Å². The molecular formula is C11H17FN4O. The minimum atomic E-state index is -1.70. The number of nitrogens with zero attached hydrogens (tertiary/aromatic N) is 3. The van der Waals surface area contributed by atoms with Crippen molar-refractivity contribution in [3.8, 4) is 0 Å². The molecule has 1 aliphatic heterocycles. The molecule has 0 amide bonds. The molecule has 0 bridgehead atoms. The van der Waals surface area contributed by atoms with Crippen LogP contribution < -0.4 is 10.6 Å². The van der Waals surface area contributed by atoms with Crippen LogP contribution in [-0.2, 0) is 0 Å². The van der Waals surface area contributed by atoms with Crippen LogP contribution in [0.3, 0.4) is 0 Å². The van der Waals surface area contributed by atoms with Crippen LogP contribution in [0.4, 0.5) is 16.2 Å². The maximum absolute atomic E-state index is 14.3. The smallest absolute Gasteiger partial charge is 0.227 e. The van der Waals surface area contributed by atoms with Crippen molar-refractivity contribution < 1.29 is 9.50 Å². The fourth-order valence-electron chi connectivity index (χ4n) is 1.91. The van der Waals surface area contributed by atoms with Gasteiger partial charge in [-0.3, -0.25) is 0 Å². The predicted molar refractivity (Wildman–Crippen MR) is 63.4 cm³/mol. The molecule has 0 aromatic carbocycles. The Morgan fingerprint density at radius 1 is 1.53 bits per heavy atom. The summed E-state index contributed by atoms with van der Waals surface area (Å²) in [7, 11) is 0. The van der Waals surface area contributed by atoms with E-state index >= 15 is 0 Å². The third-order valence-electron chi connectivity index (χ3n) is 3.43. The molecule has 0 saturated carbocycles. The topological polar surface area (TPSA) is 75.3 Å². The van der Waals surface area contributed by atoms with Gasteiger partial charge in [0.1, 0.15) is 5.82 Å². The Bertz CT molecular complexity index is 422. The van der Waals surface area contributed by atoms with E-state index in [1.165, 1.54) is 13.8 Å². The highest BCUT2D eigenvalue weighted by molar-refractivity contribution is 5.39. The Hall–Kier alpha value is -1.43. The van der Waals surface area contributed by atoms with Crippen LogP contribution in [0, 0.1) is 0 Å². The number of rotatable bonds is 1. The predicted octanol–water partition coefficient (Wildman–Crippen LogP) is 0.748. The number of nitrogens with two attached hydrogens (primary N) is 1. The number of aromatic nitrogens is 2. The summed E-state index contributed by atoms with van der Waals surface area (Å²) in [5.74, 6) is 0.761. The molecule has 1 aromatic rings. The van der Waals surface area contributed by atoms with E-state index in [2.05, 4.69) is 9.97 Å². The fraction of sp³-hybridized carbons (Fsp3) is 0.636. The van der Waals surface area contributed by atoms with Gasteiger partial charge in [0.2, 0.25) is 5.95 Å². The van der Waals surface area contributed by atoms with E-state index in [0.29, 0.717) is 24.7 Å². The molecule has 1 aromatic heterocycles. The lowest BCUT2D eigenvalue weighted by molar-refractivity contribution is -0.0924. The van der Waals surface area contributed by atoms with E-state index in [-0.39, 0.29) is 6.54 Å². The van der Waals surface area contributed by atoms with Crippen LogP contribution in [0.1, 0.15) is 20.3 Å². The summed E-state index contributed by atoms with van der Waals surface area (Å²) in [5, 5.41) is 9.95. The van der Waals surface area contributed by atoms with Gasteiger partial charge in [-0.15, -0.1) is 0 Å². The number of piperidine rings is 1. The maximum atomic E-state index is 14.3. The Labute approximate surface area is 99.5 Å². The molecular weight excluding hydrogens is 223 g/mol. The van der Waals surface area contributed by atoms with Gasteiger partial charge in [-0.05, 0) is 26.3 Å². The molecule has 2 heterocycles. The molecule has 17 heavy (non-hydrogen) atoms. The molecule has 3 N–H and O–H groups in total. The van der Waals surface area contributed by atoms with Gasteiger partial charge in [0, 0.05) is 12.7 Å². The van der Waals surface area contributed by atoms with Crippen molar-refractivity contribution in [3.63, 3.8) is 0 Å². The first-order chi connectivity index (χ1) is 7.82. The second-order valence-electron chi connectivity index (χ2n) is 4.92. The molecule has 94 valence electrons. The quantitative estimate of drug-likeness (QED) is 0.757. The lowest BCUT2D eigenvalue weighted by Gasteiger charge is -2.45. The molecule has 1 saturated heterocycles. The Kier molecular flexibility index (Phi) is 2.69. The van der Waals surface area contributed by atoms with E-state index in [0.717, 1.165) is 0 Å². The van der Waals surface area contributed by atoms with Crippen LogP contribution in [0.15, 0.2) is 12.3 Å². The van der Waals surface area contributed by atoms with Crippen LogP contribution >= 0.6 is 0 Å². The maximum Gasteiger partial charge on any atom is 0.227 e.